The molecule has 0 atom stereocenters. The van der Waals surface area contributed by atoms with E-state index in [1.54, 1.807) is 6.07 Å². The summed E-state index contributed by atoms with van der Waals surface area (Å²) >= 11 is 0. The van der Waals surface area contributed by atoms with Crippen LogP contribution in [0.3, 0.4) is 0 Å². The molecule has 0 radical (unpaired) electrons. The number of sulfonamides is 1. The van der Waals surface area contributed by atoms with Crippen molar-refractivity contribution in [3.63, 3.8) is 0 Å². The second-order valence-corrected chi connectivity index (χ2v) is 8.68. The molecule has 1 aliphatic rings. The summed E-state index contributed by atoms with van der Waals surface area (Å²) < 4.78 is 26.8. The Morgan fingerprint density at radius 1 is 1.00 bits per heavy atom. The minimum absolute atomic E-state index is 0.0840. The van der Waals surface area contributed by atoms with Gasteiger partial charge in [-0.2, -0.15) is 0 Å². The Hall–Kier alpha value is -2.25. The minimum Gasteiger partial charge on any atom is -0.258 e. The molecule has 0 unspecified atom stereocenters. The van der Waals surface area contributed by atoms with Gasteiger partial charge in [-0.15, -0.1) is 0 Å². The number of nitrogens with zero attached hydrogens (tertiary/aromatic N) is 2. The molecule has 0 aromatic heterocycles. The number of nitro groups is 1. The molecule has 1 heterocycles. The van der Waals surface area contributed by atoms with Gasteiger partial charge in [0.1, 0.15) is 0 Å². The van der Waals surface area contributed by atoms with Gasteiger partial charge in [-0.3, -0.25) is 10.1 Å². The Labute approximate surface area is 153 Å². The maximum atomic E-state index is 12.7. The van der Waals surface area contributed by atoms with E-state index in [1.807, 2.05) is 18.2 Å². The summed E-state index contributed by atoms with van der Waals surface area (Å²) in [5.41, 5.74) is 1.65. The Morgan fingerprint density at radius 2 is 1.65 bits per heavy atom. The van der Waals surface area contributed by atoms with Crippen molar-refractivity contribution >= 4 is 15.7 Å². The Morgan fingerprint density at radius 3 is 2.31 bits per heavy atom. The normalized spacial score (nSPS) is 16.5. The maximum Gasteiger partial charge on any atom is 0.269 e. The van der Waals surface area contributed by atoms with Crippen molar-refractivity contribution in [3.05, 3.63) is 75.8 Å². The molecule has 0 amide bonds. The van der Waals surface area contributed by atoms with Gasteiger partial charge >= 0.3 is 0 Å². The van der Waals surface area contributed by atoms with E-state index in [4.69, 9.17) is 0 Å². The van der Waals surface area contributed by atoms with Gasteiger partial charge < -0.3 is 0 Å². The van der Waals surface area contributed by atoms with E-state index in [0.717, 1.165) is 19.3 Å². The van der Waals surface area contributed by atoms with Crippen molar-refractivity contribution in [2.45, 2.75) is 25.0 Å². The van der Waals surface area contributed by atoms with Gasteiger partial charge in [-0.1, -0.05) is 42.5 Å². The molecule has 138 valence electrons. The van der Waals surface area contributed by atoms with Crippen molar-refractivity contribution in [2.24, 2.45) is 5.92 Å². The minimum atomic E-state index is -3.46. The number of benzene rings is 2. The zero-order valence-electron chi connectivity index (χ0n) is 14.5. The molecule has 7 heteroatoms. The van der Waals surface area contributed by atoms with Crippen LogP contribution in [0, 0.1) is 16.0 Å². The summed E-state index contributed by atoms with van der Waals surface area (Å²) in [4.78, 5) is 10.3. The number of hydrogen-bond acceptors (Lipinski definition) is 4. The predicted octanol–water partition coefficient (Wildman–Crippen LogP) is 3.38. The van der Waals surface area contributed by atoms with E-state index in [1.165, 1.54) is 28.1 Å². The zero-order valence-corrected chi connectivity index (χ0v) is 15.3. The third-order valence-electron chi connectivity index (χ3n) is 4.80. The van der Waals surface area contributed by atoms with E-state index >= 15 is 0 Å². The Balaban J connectivity index is 1.59. The van der Waals surface area contributed by atoms with Gasteiger partial charge in [0, 0.05) is 25.2 Å². The van der Waals surface area contributed by atoms with Crippen LogP contribution >= 0.6 is 0 Å². The monoisotopic (exact) mass is 374 g/mol. The third kappa shape index (κ3) is 4.68. The van der Waals surface area contributed by atoms with Gasteiger partial charge in [0.25, 0.3) is 5.69 Å². The van der Waals surface area contributed by atoms with Crippen LogP contribution in [0.5, 0.6) is 0 Å². The largest absolute Gasteiger partial charge is 0.269 e. The highest BCUT2D eigenvalue weighted by molar-refractivity contribution is 7.88. The smallest absolute Gasteiger partial charge is 0.258 e. The number of hydrogen-bond donors (Lipinski definition) is 0. The molecule has 0 bridgehead atoms. The molecule has 6 nitrogen and oxygen atoms in total. The van der Waals surface area contributed by atoms with Crippen LogP contribution < -0.4 is 0 Å². The molecule has 0 spiro atoms. The molecule has 0 N–H and O–H groups in total. The summed E-state index contributed by atoms with van der Waals surface area (Å²) in [6, 6.07) is 16.1. The third-order valence-corrected chi connectivity index (χ3v) is 6.65. The van der Waals surface area contributed by atoms with Gasteiger partial charge in [-0.05, 0) is 36.3 Å². The first-order chi connectivity index (χ1) is 12.4. The molecule has 2 aromatic carbocycles. The van der Waals surface area contributed by atoms with E-state index in [2.05, 4.69) is 12.1 Å². The van der Waals surface area contributed by atoms with Crippen molar-refractivity contribution < 1.29 is 13.3 Å². The maximum absolute atomic E-state index is 12.7. The lowest BCUT2D eigenvalue weighted by atomic mass is 9.91. The van der Waals surface area contributed by atoms with Crippen LogP contribution in [0.2, 0.25) is 0 Å². The highest BCUT2D eigenvalue weighted by Gasteiger charge is 2.28. The fraction of sp³-hybridized carbons (Fsp3) is 0.368. The highest BCUT2D eigenvalue weighted by Crippen LogP contribution is 2.25. The molecule has 1 saturated heterocycles. The van der Waals surface area contributed by atoms with Crippen LogP contribution in [-0.4, -0.2) is 30.7 Å². The fourth-order valence-corrected chi connectivity index (χ4v) is 4.95. The lowest BCUT2D eigenvalue weighted by Crippen LogP contribution is -2.39. The first kappa shape index (κ1) is 18.5. The van der Waals surface area contributed by atoms with E-state index in [-0.39, 0.29) is 11.4 Å². The highest BCUT2D eigenvalue weighted by atomic mass is 32.2. The molecule has 2 aromatic rings. The molecular weight excluding hydrogens is 352 g/mol. The van der Waals surface area contributed by atoms with Crippen molar-refractivity contribution in [3.8, 4) is 0 Å². The SMILES string of the molecule is O=[N+]([O-])c1cccc(CS(=O)(=O)N2CCC(Cc3ccccc3)CC2)c1. The summed E-state index contributed by atoms with van der Waals surface area (Å²) in [5, 5.41) is 10.9. The lowest BCUT2D eigenvalue weighted by molar-refractivity contribution is -0.384. The molecule has 1 fully saturated rings. The predicted molar refractivity (Wildman–Crippen MR) is 100 cm³/mol. The molecular formula is C19H22N2O4S. The fourth-order valence-electron chi connectivity index (χ4n) is 3.40. The van der Waals surface area contributed by atoms with Crippen LogP contribution in [-0.2, 0) is 22.2 Å². The van der Waals surface area contributed by atoms with Gasteiger partial charge in [-0.25, -0.2) is 12.7 Å². The first-order valence-corrected chi connectivity index (χ1v) is 10.3. The topological polar surface area (TPSA) is 80.5 Å². The van der Waals surface area contributed by atoms with Crippen LogP contribution in [0.15, 0.2) is 54.6 Å². The van der Waals surface area contributed by atoms with E-state index in [9.17, 15) is 18.5 Å². The van der Waals surface area contributed by atoms with E-state index < -0.39 is 14.9 Å². The second-order valence-electron chi connectivity index (χ2n) is 6.72. The average molecular weight is 374 g/mol. The number of non-ortho nitro benzene ring substituents is 1. The van der Waals surface area contributed by atoms with E-state index in [0.29, 0.717) is 24.6 Å². The first-order valence-electron chi connectivity index (χ1n) is 8.69. The summed E-state index contributed by atoms with van der Waals surface area (Å²) in [6.45, 7) is 1.02. The van der Waals surface area contributed by atoms with Crippen LogP contribution in [0.1, 0.15) is 24.0 Å². The quantitative estimate of drug-likeness (QED) is 0.573. The van der Waals surface area contributed by atoms with Crippen molar-refractivity contribution in [1.29, 1.82) is 0 Å². The standard InChI is InChI=1S/C19H22N2O4S/c22-21(23)19-8-4-7-18(14-19)15-26(24,25)20-11-9-17(10-12-20)13-16-5-2-1-3-6-16/h1-8,14,17H,9-13,15H2. The second kappa shape index (κ2) is 7.97. The van der Waals surface area contributed by atoms with Crippen molar-refractivity contribution in [2.75, 3.05) is 13.1 Å². The number of rotatable bonds is 6. The number of piperidine rings is 1. The molecule has 3 rings (SSSR count). The molecule has 1 aliphatic heterocycles. The van der Waals surface area contributed by atoms with Gasteiger partial charge in [0.15, 0.2) is 0 Å². The lowest BCUT2D eigenvalue weighted by Gasteiger charge is -2.31. The van der Waals surface area contributed by atoms with Crippen LogP contribution in [0.25, 0.3) is 0 Å². The zero-order chi connectivity index (χ0) is 18.6. The van der Waals surface area contributed by atoms with Crippen LogP contribution in [0.4, 0.5) is 5.69 Å². The molecule has 0 aliphatic carbocycles. The molecule has 26 heavy (non-hydrogen) atoms. The Bertz CT molecular complexity index is 860. The van der Waals surface area contributed by atoms with Crippen molar-refractivity contribution in [1.82, 2.24) is 4.31 Å². The van der Waals surface area contributed by atoms with Gasteiger partial charge in [0.2, 0.25) is 10.0 Å². The molecule has 0 saturated carbocycles. The average Bonchev–Trinajstić information content (AvgIpc) is 2.63. The van der Waals surface area contributed by atoms with Gasteiger partial charge in [0.05, 0.1) is 10.7 Å². The Kier molecular flexibility index (Phi) is 5.68. The number of nitro benzene ring substituents is 1. The summed E-state index contributed by atoms with van der Waals surface area (Å²) in [5.74, 6) is 0.291. The summed E-state index contributed by atoms with van der Waals surface area (Å²) in [7, 11) is -3.46. The summed E-state index contributed by atoms with van der Waals surface area (Å²) in [6.07, 6.45) is 2.64.